The molecule has 0 aromatic heterocycles. The van der Waals surface area contributed by atoms with E-state index in [0.717, 1.165) is 40.3 Å². The van der Waals surface area contributed by atoms with Crippen LogP contribution in [0.5, 0.6) is 0 Å². The van der Waals surface area contributed by atoms with Gasteiger partial charge in [-0.05, 0) is 54.7 Å². The molecule has 0 unspecified atom stereocenters. The molecular formula is C22H25ClN2O2. The van der Waals surface area contributed by atoms with Crippen molar-refractivity contribution < 1.29 is 9.59 Å². The quantitative estimate of drug-likeness (QED) is 0.278. The molecule has 0 aliphatic rings. The number of hydrazone groups is 1. The molecule has 0 aliphatic heterocycles. The minimum Gasteiger partial charge on any atom is -0.283 e. The lowest BCUT2D eigenvalue weighted by Crippen LogP contribution is -2.30. The number of hydrogen-bond acceptors (Lipinski definition) is 3. The molecule has 0 saturated heterocycles. The zero-order chi connectivity index (χ0) is 20.0. The highest BCUT2D eigenvalue weighted by Gasteiger charge is 2.23. The average molecular weight is 385 g/mol. The summed E-state index contributed by atoms with van der Waals surface area (Å²) in [6.45, 7) is 5.87. The van der Waals surface area contributed by atoms with Crippen LogP contribution in [0.25, 0.3) is 11.1 Å². The third-order valence-electron chi connectivity index (χ3n) is 4.33. The van der Waals surface area contributed by atoms with Crippen molar-refractivity contribution in [2.24, 2.45) is 5.10 Å². The summed E-state index contributed by atoms with van der Waals surface area (Å²) in [5.74, 6) is -1.17. The van der Waals surface area contributed by atoms with Crippen LogP contribution >= 0.6 is 11.6 Å². The standard InChI is InChI=1S/C22H25ClN2O2/c1-5-7-15(3)24-25(4)22(27)21(26)20-14-18(9-8-16(20)6-2)17-10-12-19(23)13-11-17/h8-14H,5-7H2,1-4H3. The number of aryl methyl sites for hydroxylation is 1. The molecule has 1 amide bonds. The fraction of sp³-hybridized carbons (Fsp3) is 0.318. The van der Waals surface area contributed by atoms with Crippen LogP contribution in [0.15, 0.2) is 47.6 Å². The number of likely N-dealkylation sites (N-methyl/N-ethyl adjacent to an activating group) is 1. The van der Waals surface area contributed by atoms with E-state index in [1.807, 2.05) is 45.0 Å². The van der Waals surface area contributed by atoms with Gasteiger partial charge in [0, 0.05) is 23.3 Å². The molecule has 142 valence electrons. The molecule has 2 rings (SSSR count). The minimum absolute atomic E-state index is 0.421. The first-order chi connectivity index (χ1) is 12.9. The molecule has 0 spiro atoms. The van der Waals surface area contributed by atoms with Crippen molar-refractivity contribution in [2.45, 2.75) is 40.0 Å². The van der Waals surface area contributed by atoms with E-state index in [-0.39, 0.29) is 0 Å². The monoisotopic (exact) mass is 384 g/mol. The Morgan fingerprint density at radius 2 is 1.67 bits per heavy atom. The number of halogens is 1. The van der Waals surface area contributed by atoms with E-state index in [4.69, 9.17) is 11.6 Å². The van der Waals surface area contributed by atoms with Crippen molar-refractivity contribution in [3.63, 3.8) is 0 Å². The summed E-state index contributed by atoms with van der Waals surface area (Å²) in [6, 6.07) is 13.0. The van der Waals surface area contributed by atoms with Crippen molar-refractivity contribution in [1.29, 1.82) is 0 Å². The zero-order valence-corrected chi connectivity index (χ0v) is 17.0. The van der Waals surface area contributed by atoms with Gasteiger partial charge in [0.15, 0.2) is 0 Å². The fourth-order valence-electron chi connectivity index (χ4n) is 2.89. The van der Waals surface area contributed by atoms with Gasteiger partial charge >= 0.3 is 5.91 Å². The fourth-order valence-corrected chi connectivity index (χ4v) is 3.02. The van der Waals surface area contributed by atoms with E-state index in [1.54, 1.807) is 18.2 Å². The Labute approximate surface area is 165 Å². The highest BCUT2D eigenvalue weighted by Crippen LogP contribution is 2.25. The number of amides is 1. The number of carbonyl (C=O) groups excluding carboxylic acids is 2. The first-order valence-electron chi connectivity index (χ1n) is 9.12. The topological polar surface area (TPSA) is 49.7 Å². The lowest BCUT2D eigenvalue weighted by molar-refractivity contribution is -0.125. The van der Waals surface area contributed by atoms with Gasteiger partial charge in [0.05, 0.1) is 0 Å². The highest BCUT2D eigenvalue weighted by atomic mass is 35.5. The molecule has 0 atom stereocenters. The van der Waals surface area contributed by atoms with Gasteiger partial charge in [-0.1, -0.05) is 56.1 Å². The number of carbonyl (C=O) groups is 2. The van der Waals surface area contributed by atoms with Gasteiger partial charge in [0.25, 0.3) is 5.78 Å². The molecule has 27 heavy (non-hydrogen) atoms. The summed E-state index contributed by atoms with van der Waals surface area (Å²) in [7, 11) is 1.52. The highest BCUT2D eigenvalue weighted by molar-refractivity contribution is 6.43. The second-order valence-electron chi connectivity index (χ2n) is 6.48. The summed E-state index contributed by atoms with van der Waals surface area (Å²) in [4.78, 5) is 25.5. The maximum absolute atomic E-state index is 12.9. The molecule has 0 aliphatic carbocycles. The van der Waals surface area contributed by atoms with Crippen LogP contribution in [-0.2, 0) is 11.2 Å². The smallest absolute Gasteiger partial charge is 0.283 e. The largest absolute Gasteiger partial charge is 0.314 e. The third-order valence-corrected chi connectivity index (χ3v) is 4.59. The van der Waals surface area contributed by atoms with Crippen LogP contribution in [0.3, 0.4) is 0 Å². The molecule has 5 heteroatoms. The van der Waals surface area contributed by atoms with E-state index >= 15 is 0 Å². The van der Waals surface area contributed by atoms with E-state index in [0.29, 0.717) is 17.0 Å². The van der Waals surface area contributed by atoms with Crippen LogP contribution in [0.2, 0.25) is 5.02 Å². The van der Waals surface area contributed by atoms with E-state index in [2.05, 4.69) is 5.10 Å². The van der Waals surface area contributed by atoms with Gasteiger partial charge in [0.2, 0.25) is 0 Å². The van der Waals surface area contributed by atoms with Gasteiger partial charge in [0.1, 0.15) is 0 Å². The Hall–Kier alpha value is -2.46. The van der Waals surface area contributed by atoms with Gasteiger partial charge in [-0.25, -0.2) is 5.01 Å². The van der Waals surface area contributed by atoms with Crippen molar-refractivity contribution >= 4 is 29.0 Å². The molecule has 4 nitrogen and oxygen atoms in total. The third kappa shape index (κ3) is 5.27. The minimum atomic E-state index is -0.631. The molecule has 0 N–H and O–H groups in total. The summed E-state index contributed by atoms with van der Waals surface area (Å²) in [6.07, 6.45) is 2.39. The molecule has 0 fully saturated rings. The van der Waals surface area contributed by atoms with Crippen molar-refractivity contribution in [3.05, 3.63) is 58.6 Å². The molecule has 2 aromatic carbocycles. The maximum Gasteiger partial charge on any atom is 0.314 e. The first kappa shape index (κ1) is 20.8. The predicted molar refractivity (Wildman–Crippen MR) is 111 cm³/mol. The molecule has 0 radical (unpaired) electrons. The number of rotatable bonds is 7. The Bertz CT molecular complexity index is 857. The Kier molecular flexibility index (Phi) is 7.31. The SMILES string of the molecule is CCCC(C)=NN(C)C(=O)C(=O)c1cc(-c2ccc(Cl)cc2)ccc1CC. The van der Waals surface area contributed by atoms with Crippen LogP contribution in [0.1, 0.15) is 49.5 Å². The van der Waals surface area contributed by atoms with Crippen LogP contribution in [0.4, 0.5) is 0 Å². The zero-order valence-electron chi connectivity index (χ0n) is 16.3. The van der Waals surface area contributed by atoms with Crippen LogP contribution in [-0.4, -0.2) is 29.5 Å². The number of benzene rings is 2. The Morgan fingerprint density at radius 3 is 2.26 bits per heavy atom. The molecular weight excluding hydrogens is 360 g/mol. The van der Waals surface area contributed by atoms with Gasteiger partial charge in [-0.15, -0.1) is 0 Å². The van der Waals surface area contributed by atoms with Crippen molar-refractivity contribution in [1.82, 2.24) is 5.01 Å². The number of nitrogens with zero attached hydrogens (tertiary/aromatic N) is 2. The van der Waals surface area contributed by atoms with Crippen LogP contribution < -0.4 is 0 Å². The lowest BCUT2D eigenvalue weighted by Gasteiger charge is -2.14. The second kappa shape index (κ2) is 9.47. The number of ketones is 1. The normalized spacial score (nSPS) is 11.4. The summed E-state index contributed by atoms with van der Waals surface area (Å²) in [5.41, 5.74) is 3.90. The van der Waals surface area contributed by atoms with Gasteiger partial charge in [-0.2, -0.15) is 5.10 Å². The predicted octanol–water partition coefficient (Wildman–Crippen LogP) is 5.39. The number of hydrogen-bond donors (Lipinski definition) is 0. The molecule has 2 aromatic rings. The van der Waals surface area contributed by atoms with Gasteiger partial charge < -0.3 is 0 Å². The van der Waals surface area contributed by atoms with Crippen LogP contribution in [0, 0.1) is 0 Å². The second-order valence-corrected chi connectivity index (χ2v) is 6.91. The lowest BCUT2D eigenvalue weighted by atomic mass is 9.95. The average Bonchev–Trinajstić information content (AvgIpc) is 2.67. The molecule has 0 bridgehead atoms. The van der Waals surface area contributed by atoms with Gasteiger partial charge in [-0.3, -0.25) is 9.59 Å². The first-order valence-corrected chi connectivity index (χ1v) is 9.50. The van der Waals surface area contributed by atoms with E-state index < -0.39 is 11.7 Å². The van der Waals surface area contributed by atoms with Crippen molar-refractivity contribution in [3.8, 4) is 11.1 Å². The van der Waals surface area contributed by atoms with E-state index in [9.17, 15) is 9.59 Å². The summed E-state index contributed by atoms with van der Waals surface area (Å²) in [5, 5.41) is 6.01. The number of Topliss-reactive ketones (excluding diaryl/α,β-unsaturated/α-hetero) is 1. The Morgan fingerprint density at radius 1 is 1.04 bits per heavy atom. The molecule has 0 saturated carbocycles. The Balaban J connectivity index is 2.36. The maximum atomic E-state index is 12.9. The summed E-state index contributed by atoms with van der Waals surface area (Å²) >= 11 is 5.95. The summed E-state index contributed by atoms with van der Waals surface area (Å²) < 4.78 is 0. The molecule has 0 heterocycles. The van der Waals surface area contributed by atoms with Crippen molar-refractivity contribution in [2.75, 3.05) is 7.05 Å². The van der Waals surface area contributed by atoms with E-state index in [1.165, 1.54) is 7.05 Å².